The van der Waals surface area contributed by atoms with Gasteiger partial charge >= 0.3 is 0 Å². The van der Waals surface area contributed by atoms with Crippen molar-refractivity contribution in [3.05, 3.63) is 36.4 Å². The average Bonchev–Trinajstić information content (AvgIpc) is 2.51. The maximum Gasteiger partial charge on any atom is 0.233 e. The lowest BCUT2D eigenvalue weighted by molar-refractivity contribution is -0.140. The van der Waals surface area contributed by atoms with E-state index >= 15 is 0 Å². The van der Waals surface area contributed by atoms with Crippen LogP contribution in [0.3, 0.4) is 0 Å². The topological polar surface area (TPSA) is 42.4 Å². The Balaban J connectivity index is 1.62. The lowest BCUT2D eigenvalue weighted by atomic mass is 10.2. The number of amides is 1. The summed E-state index contributed by atoms with van der Waals surface area (Å²) in [4.78, 5) is 18.8. The molecule has 0 radical (unpaired) electrons. The van der Waals surface area contributed by atoms with Gasteiger partial charge in [-0.2, -0.15) is 0 Å². The van der Waals surface area contributed by atoms with E-state index in [2.05, 4.69) is 4.98 Å². The third-order valence-corrected chi connectivity index (χ3v) is 4.60. The molecule has 1 aromatic heterocycles. The van der Waals surface area contributed by atoms with Crippen LogP contribution in [0.4, 0.5) is 0 Å². The summed E-state index contributed by atoms with van der Waals surface area (Å²) in [5.74, 6) is 0.576. The number of carbonyl (C=O) groups excluding carboxylic acids is 1. The third kappa shape index (κ3) is 3.59. The van der Waals surface area contributed by atoms with Crippen LogP contribution < -0.4 is 0 Å². The molecule has 5 heteroatoms. The maximum atomic E-state index is 12.3. The van der Waals surface area contributed by atoms with Crippen LogP contribution in [0.25, 0.3) is 10.9 Å². The zero-order valence-corrected chi connectivity index (χ0v) is 13.7. The Kier molecular flexibility index (Phi) is 4.64. The number of fused-ring (bicyclic) bond motifs is 1. The SMILES string of the molecule is CC1CN(C(=O)CSc2ccc3ccccc3n2)CC(C)O1. The van der Waals surface area contributed by atoms with E-state index < -0.39 is 0 Å². The number of nitrogens with zero attached hydrogens (tertiary/aromatic N) is 2. The molecule has 1 saturated heterocycles. The maximum absolute atomic E-state index is 12.3. The van der Waals surface area contributed by atoms with Crippen LogP contribution in [-0.2, 0) is 9.53 Å². The van der Waals surface area contributed by atoms with E-state index in [1.165, 1.54) is 11.8 Å². The number of carbonyl (C=O) groups is 1. The molecule has 0 bridgehead atoms. The van der Waals surface area contributed by atoms with Gasteiger partial charge in [-0.25, -0.2) is 4.98 Å². The zero-order valence-electron chi connectivity index (χ0n) is 12.9. The molecule has 1 fully saturated rings. The zero-order chi connectivity index (χ0) is 15.5. The van der Waals surface area contributed by atoms with Crippen molar-refractivity contribution >= 4 is 28.6 Å². The number of hydrogen-bond acceptors (Lipinski definition) is 4. The van der Waals surface area contributed by atoms with Crippen molar-refractivity contribution in [1.82, 2.24) is 9.88 Å². The highest BCUT2D eigenvalue weighted by Crippen LogP contribution is 2.21. The van der Waals surface area contributed by atoms with Gasteiger partial charge in [0.2, 0.25) is 5.91 Å². The first-order valence-corrected chi connectivity index (χ1v) is 8.52. The van der Waals surface area contributed by atoms with Crippen molar-refractivity contribution in [2.75, 3.05) is 18.8 Å². The third-order valence-electron chi connectivity index (χ3n) is 3.69. The summed E-state index contributed by atoms with van der Waals surface area (Å²) in [7, 11) is 0. The molecule has 0 saturated carbocycles. The molecule has 22 heavy (non-hydrogen) atoms. The smallest absolute Gasteiger partial charge is 0.233 e. The highest BCUT2D eigenvalue weighted by Gasteiger charge is 2.25. The number of aromatic nitrogens is 1. The van der Waals surface area contributed by atoms with Crippen molar-refractivity contribution in [1.29, 1.82) is 0 Å². The summed E-state index contributed by atoms with van der Waals surface area (Å²) >= 11 is 1.50. The Bertz CT molecular complexity index is 667. The Morgan fingerprint density at radius 2 is 1.95 bits per heavy atom. The number of hydrogen-bond donors (Lipinski definition) is 0. The molecule has 0 aliphatic carbocycles. The summed E-state index contributed by atoms with van der Waals surface area (Å²) in [6.07, 6.45) is 0.216. The second-order valence-corrected chi connectivity index (χ2v) is 6.68. The van der Waals surface area contributed by atoms with E-state index in [-0.39, 0.29) is 18.1 Å². The number of ether oxygens (including phenoxy) is 1. The summed E-state index contributed by atoms with van der Waals surface area (Å²) in [5.41, 5.74) is 0.966. The minimum atomic E-state index is 0.108. The molecule has 3 rings (SSSR count). The summed E-state index contributed by atoms with van der Waals surface area (Å²) in [6, 6.07) is 12.0. The van der Waals surface area contributed by atoms with Crippen LogP contribution in [0.2, 0.25) is 0 Å². The molecular weight excluding hydrogens is 296 g/mol. The number of thioether (sulfide) groups is 1. The Hall–Kier alpha value is -1.59. The predicted octanol–water partition coefficient (Wildman–Crippen LogP) is 2.96. The molecule has 1 aromatic carbocycles. The van der Waals surface area contributed by atoms with Crippen molar-refractivity contribution < 1.29 is 9.53 Å². The molecule has 116 valence electrons. The van der Waals surface area contributed by atoms with E-state index in [1.807, 2.05) is 55.1 Å². The predicted molar refractivity (Wildman–Crippen MR) is 89.1 cm³/mol. The monoisotopic (exact) mass is 316 g/mol. The number of pyridine rings is 1. The van der Waals surface area contributed by atoms with Crippen LogP contribution in [0, 0.1) is 0 Å². The first kappa shape index (κ1) is 15.3. The van der Waals surface area contributed by atoms with Gasteiger partial charge in [0.15, 0.2) is 0 Å². The molecule has 0 N–H and O–H groups in total. The van der Waals surface area contributed by atoms with Crippen LogP contribution >= 0.6 is 11.8 Å². The molecular formula is C17H20N2O2S. The van der Waals surface area contributed by atoms with Crippen molar-refractivity contribution in [2.45, 2.75) is 31.1 Å². The lowest BCUT2D eigenvalue weighted by Gasteiger charge is -2.35. The quantitative estimate of drug-likeness (QED) is 0.817. The largest absolute Gasteiger partial charge is 0.372 e. The number of benzene rings is 1. The Labute approximate surface area is 134 Å². The number of morpholine rings is 1. The summed E-state index contributed by atoms with van der Waals surface area (Å²) in [6.45, 7) is 5.37. The fraction of sp³-hybridized carbons (Fsp3) is 0.412. The van der Waals surface area contributed by atoms with E-state index in [4.69, 9.17) is 4.74 Å². The normalized spacial score (nSPS) is 22.0. The van der Waals surface area contributed by atoms with E-state index in [9.17, 15) is 4.79 Å². The highest BCUT2D eigenvalue weighted by molar-refractivity contribution is 7.99. The molecule has 2 atom stereocenters. The van der Waals surface area contributed by atoms with Gasteiger partial charge in [-0.15, -0.1) is 0 Å². The van der Waals surface area contributed by atoms with Gasteiger partial charge in [0.05, 0.1) is 28.5 Å². The van der Waals surface area contributed by atoms with Crippen molar-refractivity contribution in [3.63, 3.8) is 0 Å². The standard InChI is InChI=1S/C17H20N2O2S/c1-12-9-19(10-13(2)21-12)17(20)11-22-16-8-7-14-5-3-4-6-15(14)18-16/h3-8,12-13H,9-11H2,1-2H3. The van der Waals surface area contributed by atoms with E-state index in [0.29, 0.717) is 18.8 Å². The van der Waals surface area contributed by atoms with Gasteiger partial charge in [0.1, 0.15) is 0 Å². The fourth-order valence-corrected chi connectivity index (χ4v) is 3.52. The molecule has 1 amide bonds. The molecule has 4 nitrogen and oxygen atoms in total. The molecule has 2 unspecified atom stereocenters. The Morgan fingerprint density at radius 1 is 1.23 bits per heavy atom. The minimum absolute atomic E-state index is 0.108. The van der Waals surface area contributed by atoms with Crippen LogP contribution in [-0.4, -0.2) is 46.8 Å². The van der Waals surface area contributed by atoms with Crippen LogP contribution in [0.15, 0.2) is 41.4 Å². The van der Waals surface area contributed by atoms with Crippen molar-refractivity contribution in [2.24, 2.45) is 0 Å². The Morgan fingerprint density at radius 3 is 2.73 bits per heavy atom. The van der Waals surface area contributed by atoms with E-state index in [1.54, 1.807) is 0 Å². The van der Waals surface area contributed by atoms with Gasteiger partial charge in [0, 0.05) is 18.5 Å². The van der Waals surface area contributed by atoms with E-state index in [0.717, 1.165) is 15.9 Å². The van der Waals surface area contributed by atoms with Crippen molar-refractivity contribution in [3.8, 4) is 0 Å². The summed E-state index contributed by atoms with van der Waals surface area (Å²) in [5, 5.41) is 2.01. The van der Waals surface area contributed by atoms with Crippen LogP contribution in [0.5, 0.6) is 0 Å². The second-order valence-electron chi connectivity index (χ2n) is 5.69. The number of rotatable bonds is 3. The molecule has 2 aromatic rings. The van der Waals surface area contributed by atoms with Gasteiger partial charge < -0.3 is 9.64 Å². The molecule has 1 aliphatic rings. The molecule has 0 spiro atoms. The molecule has 1 aliphatic heterocycles. The van der Waals surface area contributed by atoms with Gasteiger partial charge in [-0.3, -0.25) is 4.79 Å². The molecule has 2 heterocycles. The van der Waals surface area contributed by atoms with Gasteiger partial charge in [0.25, 0.3) is 0 Å². The first-order chi connectivity index (χ1) is 10.6. The average molecular weight is 316 g/mol. The summed E-state index contributed by atoms with van der Waals surface area (Å²) < 4.78 is 5.66. The number of para-hydroxylation sites is 1. The minimum Gasteiger partial charge on any atom is -0.372 e. The highest BCUT2D eigenvalue weighted by atomic mass is 32.2. The van der Waals surface area contributed by atoms with Gasteiger partial charge in [-0.05, 0) is 26.0 Å². The second kappa shape index (κ2) is 6.67. The van der Waals surface area contributed by atoms with Gasteiger partial charge in [-0.1, -0.05) is 36.0 Å². The van der Waals surface area contributed by atoms with Crippen LogP contribution in [0.1, 0.15) is 13.8 Å². The lowest BCUT2D eigenvalue weighted by Crippen LogP contribution is -2.48. The fourth-order valence-electron chi connectivity index (χ4n) is 2.74. The first-order valence-electron chi connectivity index (χ1n) is 7.53.